The fraction of sp³-hybridized carbons (Fsp3) is 0.750. The first-order valence-corrected chi connectivity index (χ1v) is 3.56. The maximum absolute atomic E-state index is 5.28. The van der Waals surface area contributed by atoms with Gasteiger partial charge >= 0.3 is 0 Å². The molecule has 0 unspecified atom stereocenters. The highest BCUT2D eigenvalue weighted by atomic mass is 16.7. The average Bonchev–Trinajstić information content (AvgIpc) is 1.88. The van der Waals surface area contributed by atoms with E-state index in [1.807, 2.05) is 13.0 Å². The number of hydrogen-bond acceptors (Lipinski definition) is 2. The van der Waals surface area contributed by atoms with Crippen molar-refractivity contribution in [1.82, 2.24) is 0 Å². The maximum Gasteiger partial charge on any atom is 0.274 e. The highest BCUT2D eigenvalue weighted by molar-refractivity contribution is 4.85. The number of hydrogen-bond donors (Lipinski definition) is 0. The van der Waals surface area contributed by atoms with E-state index in [-0.39, 0.29) is 5.41 Å². The van der Waals surface area contributed by atoms with E-state index in [1.165, 1.54) is 0 Å². The predicted octanol–water partition coefficient (Wildman–Crippen LogP) is 1.92. The standard InChI is InChI=1S/C8H14O2/c1-4-7-9-5-8(2,3)6-10-7/h4H,5-6H2,1-3H3. The van der Waals surface area contributed by atoms with Crippen LogP contribution in [-0.2, 0) is 9.47 Å². The van der Waals surface area contributed by atoms with E-state index < -0.39 is 0 Å². The lowest BCUT2D eigenvalue weighted by molar-refractivity contribution is -0.0851. The van der Waals surface area contributed by atoms with Crippen LogP contribution in [0.5, 0.6) is 0 Å². The van der Waals surface area contributed by atoms with Gasteiger partial charge in [-0.15, -0.1) is 0 Å². The average molecular weight is 142 g/mol. The Hall–Kier alpha value is -0.660. The number of ether oxygens (including phenoxy) is 2. The second kappa shape index (κ2) is 2.52. The Kier molecular flexibility index (Phi) is 1.88. The third-order valence-corrected chi connectivity index (χ3v) is 1.45. The molecule has 0 saturated carbocycles. The molecular formula is C8H14O2. The molecule has 0 aromatic carbocycles. The molecule has 0 radical (unpaired) electrons. The van der Waals surface area contributed by atoms with Crippen molar-refractivity contribution in [1.29, 1.82) is 0 Å². The summed E-state index contributed by atoms with van der Waals surface area (Å²) in [5.74, 6) is 0.666. The van der Waals surface area contributed by atoms with Crippen molar-refractivity contribution in [3.8, 4) is 0 Å². The van der Waals surface area contributed by atoms with Gasteiger partial charge in [-0.3, -0.25) is 0 Å². The highest BCUT2D eigenvalue weighted by Crippen LogP contribution is 2.24. The fourth-order valence-electron chi connectivity index (χ4n) is 0.783. The van der Waals surface area contributed by atoms with E-state index in [2.05, 4.69) is 13.8 Å². The molecule has 0 atom stereocenters. The monoisotopic (exact) mass is 142 g/mol. The van der Waals surface area contributed by atoms with E-state index in [0.717, 1.165) is 13.2 Å². The molecule has 0 aromatic heterocycles. The Morgan fingerprint density at radius 2 is 1.80 bits per heavy atom. The van der Waals surface area contributed by atoms with Gasteiger partial charge in [0.15, 0.2) is 0 Å². The summed E-state index contributed by atoms with van der Waals surface area (Å²) in [5.41, 5.74) is 0.173. The summed E-state index contributed by atoms with van der Waals surface area (Å²) in [6, 6.07) is 0. The molecular weight excluding hydrogens is 128 g/mol. The summed E-state index contributed by atoms with van der Waals surface area (Å²) in [6.07, 6.45) is 1.84. The zero-order valence-corrected chi connectivity index (χ0v) is 6.81. The Labute approximate surface area is 61.8 Å². The largest absolute Gasteiger partial charge is 0.465 e. The van der Waals surface area contributed by atoms with Gasteiger partial charge in [0.2, 0.25) is 0 Å². The maximum atomic E-state index is 5.28. The van der Waals surface area contributed by atoms with Gasteiger partial charge in [0.1, 0.15) is 0 Å². The third kappa shape index (κ3) is 1.66. The van der Waals surface area contributed by atoms with Crippen LogP contribution in [0.15, 0.2) is 12.0 Å². The minimum absolute atomic E-state index is 0.173. The summed E-state index contributed by atoms with van der Waals surface area (Å²) in [4.78, 5) is 0. The number of rotatable bonds is 0. The summed E-state index contributed by atoms with van der Waals surface area (Å²) in [6.45, 7) is 7.67. The van der Waals surface area contributed by atoms with Crippen LogP contribution in [0.25, 0.3) is 0 Å². The molecule has 1 rings (SSSR count). The normalized spacial score (nSPS) is 22.9. The van der Waals surface area contributed by atoms with Crippen LogP contribution in [0.2, 0.25) is 0 Å². The molecule has 58 valence electrons. The molecule has 0 N–H and O–H groups in total. The Morgan fingerprint density at radius 1 is 1.30 bits per heavy atom. The third-order valence-electron chi connectivity index (χ3n) is 1.45. The van der Waals surface area contributed by atoms with Gasteiger partial charge < -0.3 is 9.47 Å². The zero-order chi connectivity index (χ0) is 7.61. The number of allylic oxidation sites excluding steroid dienone is 1. The zero-order valence-electron chi connectivity index (χ0n) is 6.81. The van der Waals surface area contributed by atoms with Gasteiger partial charge in [0.05, 0.1) is 13.2 Å². The SMILES string of the molecule is CC=C1OCC(C)(C)CO1. The van der Waals surface area contributed by atoms with Gasteiger partial charge in [-0.1, -0.05) is 13.8 Å². The first-order valence-electron chi connectivity index (χ1n) is 3.56. The van der Waals surface area contributed by atoms with E-state index in [0.29, 0.717) is 5.95 Å². The van der Waals surface area contributed by atoms with E-state index in [9.17, 15) is 0 Å². The molecule has 0 amide bonds. The van der Waals surface area contributed by atoms with E-state index in [1.54, 1.807) is 0 Å². The lowest BCUT2D eigenvalue weighted by atomic mass is 9.96. The van der Waals surface area contributed by atoms with Crippen molar-refractivity contribution in [2.75, 3.05) is 13.2 Å². The molecule has 0 bridgehead atoms. The molecule has 0 aliphatic carbocycles. The van der Waals surface area contributed by atoms with Crippen LogP contribution in [-0.4, -0.2) is 13.2 Å². The van der Waals surface area contributed by atoms with Gasteiger partial charge in [-0.05, 0) is 13.0 Å². The predicted molar refractivity (Wildman–Crippen MR) is 39.4 cm³/mol. The van der Waals surface area contributed by atoms with Gasteiger partial charge in [-0.25, -0.2) is 0 Å². The van der Waals surface area contributed by atoms with Crippen molar-refractivity contribution >= 4 is 0 Å². The van der Waals surface area contributed by atoms with Crippen LogP contribution in [0.3, 0.4) is 0 Å². The van der Waals surface area contributed by atoms with E-state index >= 15 is 0 Å². The summed E-state index contributed by atoms with van der Waals surface area (Å²) < 4.78 is 10.6. The molecule has 1 heterocycles. The van der Waals surface area contributed by atoms with Crippen molar-refractivity contribution in [3.63, 3.8) is 0 Å². The van der Waals surface area contributed by atoms with Crippen LogP contribution in [0, 0.1) is 5.41 Å². The van der Waals surface area contributed by atoms with Gasteiger partial charge in [0, 0.05) is 5.41 Å². The van der Waals surface area contributed by atoms with Gasteiger partial charge in [0.25, 0.3) is 5.95 Å². The summed E-state index contributed by atoms with van der Waals surface area (Å²) >= 11 is 0. The Balaban J connectivity index is 2.46. The lowest BCUT2D eigenvalue weighted by Gasteiger charge is -2.30. The topological polar surface area (TPSA) is 18.5 Å². The Morgan fingerprint density at radius 3 is 2.20 bits per heavy atom. The van der Waals surface area contributed by atoms with Crippen molar-refractivity contribution in [2.24, 2.45) is 5.41 Å². The molecule has 1 fully saturated rings. The fourth-order valence-corrected chi connectivity index (χ4v) is 0.783. The summed E-state index contributed by atoms with van der Waals surface area (Å²) in [7, 11) is 0. The van der Waals surface area contributed by atoms with Crippen molar-refractivity contribution in [2.45, 2.75) is 20.8 Å². The minimum atomic E-state index is 0.173. The molecule has 2 nitrogen and oxygen atoms in total. The van der Waals surface area contributed by atoms with Crippen molar-refractivity contribution in [3.05, 3.63) is 12.0 Å². The second-order valence-electron chi connectivity index (χ2n) is 3.35. The Bertz CT molecular complexity index is 135. The quantitative estimate of drug-likeness (QED) is 0.514. The molecule has 0 aromatic rings. The van der Waals surface area contributed by atoms with Crippen LogP contribution < -0.4 is 0 Å². The summed E-state index contributed by atoms with van der Waals surface area (Å²) in [5, 5.41) is 0. The molecule has 1 saturated heterocycles. The van der Waals surface area contributed by atoms with E-state index in [4.69, 9.17) is 9.47 Å². The molecule has 2 heteroatoms. The molecule has 10 heavy (non-hydrogen) atoms. The first kappa shape index (κ1) is 7.45. The molecule has 1 aliphatic rings. The smallest absolute Gasteiger partial charge is 0.274 e. The lowest BCUT2D eigenvalue weighted by Crippen LogP contribution is -2.30. The van der Waals surface area contributed by atoms with Crippen LogP contribution >= 0.6 is 0 Å². The van der Waals surface area contributed by atoms with Crippen LogP contribution in [0.4, 0.5) is 0 Å². The van der Waals surface area contributed by atoms with Gasteiger partial charge in [-0.2, -0.15) is 0 Å². The van der Waals surface area contributed by atoms with Crippen LogP contribution in [0.1, 0.15) is 20.8 Å². The highest BCUT2D eigenvalue weighted by Gasteiger charge is 2.25. The van der Waals surface area contributed by atoms with Crippen molar-refractivity contribution < 1.29 is 9.47 Å². The molecule has 1 aliphatic heterocycles. The molecule has 0 spiro atoms. The second-order valence-corrected chi connectivity index (χ2v) is 3.35. The minimum Gasteiger partial charge on any atom is -0.465 e. The first-order chi connectivity index (χ1) is 4.64.